The maximum absolute atomic E-state index is 6.05. The third-order valence-electron chi connectivity index (χ3n) is 3.24. The third-order valence-corrected chi connectivity index (χ3v) is 3.24. The van der Waals surface area contributed by atoms with Gasteiger partial charge in [-0.1, -0.05) is 6.07 Å². The van der Waals surface area contributed by atoms with Gasteiger partial charge < -0.3 is 10.3 Å². The summed E-state index contributed by atoms with van der Waals surface area (Å²) in [5.74, 6) is 0. The van der Waals surface area contributed by atoms with Gasteiger partial charge in [-0.05, 0) is 50.8 Å². The lowest BCUT2D eigenvalue weighted by atomic mass is 9.96. The average molecular weight is 229 g/mol. The van der Waals surface area contributed by atoms with E-state index in [1.807, 2.05) is 6.33 Å². The molecule has 0 spiro atoms. The van der Waals surface area contributed by atoms with Gasteiger partial charge in [0.15, 0.2) is 0 Å². The van der Waals surface area contributed by atoms with Crippen LogP contribution in [0.1, 0.15) is 38.3 Å². The molecule has 0 bridgehead atoms. The van der Waals surface area contributed by atoms with Gasteiger partial charge in [0, 0.05) is 11.6 Å². The Balaban J connectivity index is 1.97. The van der Waals surface area contributed by atoms with Crippen molar-refractivity contribution >= 4 is 11.0 Å². The summed E-state index contributed by atoms with van der Waals surface area (Å²) in [6, 6.07) is 7.22. The van der Waals surface area contributed by atoms with Crippen LogP contribution in [0.25, 0.3) is 11.0 Å². The quantitative estimate of drug-likeness (QED) is 0.879. The Bertz CT molecular complexity index is 544. The number of imidazole rings is 1. The SMILES string of the molecule is CC(C)(N)Cc1ccc2c(c1)ncn2C1CC1. The van der Waals surface area contributed by atoms with Gasteiger partial charge >= 0.3 is 0 Å². The molecule has 3 nitrogen and oxygen atoms in total. The molecule has 1 aliphatic carbocycles. The second-order valence-electron chi connectivity index (χ2n) is 5.87. The van der Waals surface area contributed by atoms with Crippen LogP contribution in [-0.4, -0.2) is 15.1 Å². The molecule has 90 valence electrons. The van der Waals surface area contributed by atoms with E-state index in [-0.39, 0.29) is 5.54 Å². The Hall–Kier alpha value is -1.35. The standard InChI is InChI=1S/C14H19N3/c1-14(2,15)8-10-3-6-13-12(7-10)16-9-17(13)11-4-5-11/h3,6-7,9,11H,4-5,8,15H2,1-2H3. The van der Waals surface area contributed by atoms with Gasteiger partial charge in [0.25, 0.3) is 0 Å². The summed E-state index contributed by atoms with van der Waals surface area (Å²) in [6.07, 6.45) is 5.45. The molecular weight excluding hydrogens is 210 g/mol. The smallest absolute Gasteiger partial charge is 0.0960 e. The van der Waals surface area contributed by atoms with E-state index in [9.17, 15) is 0 Å². The normalized spacial score (nSPS) is 16.6. The fraction of sp³-hybridized carbons (Fsp3) is 0.500. The van der Waals surface area contributed by atoms with E-state index < -0.39 is 0 Å². The molecule has 3 heteroatoms. The average Bonchev–Trinajstić information content (AvgIpc) is 2.97. The van der Waals surface area contributed by atoms with E-state index in [4.69, 9.17) is 5.73 Å². The minimum absolute atomic E-state index is 0.160. The monoisotopic (exact) mass is 229 g/mol. The summed E-state index contributed by atoms with van der Waals surface area (Å²) in [5.41, 5.74) is 9.51. The molecule has 0 unspecified atom stereocenters. The largest absolute Gasteiger partial charge is 0.327 e. The van der Waals surface area contributed by atoms with Crippen LogP contribution in [0.4, 0.5) is 0 Å². The number of hydrogen-bond acceptors (Lipinski definition) is 2. The molecule has 1 fully saturated rings. The molecule has 0 aliphatic heterocycles. The maximum Gasteiger partial charge on any atom is 0.0960 e. The molecule has 0 saturated heterocycles. The number of aromatic nitrogens is 2. The second kappa shape index (κ2) is 3.57. The van der Waals surface area contributed by atoms with Crippen LogP contribution < -0.4 is 5.73 Å². The molecule has 1 aromatic carbocycles. The van der Waals surface area contributed by atoms with Gasteiger partial charge in [-0.2, -0.15) is 0 Å². The lowest BCUT2D eigenvalue weighted by Gasteiger charge is -2.18. The van der Waals surface area contributed by atoms with Gasteiger partial charge in [-0.3, -0.25) is 0 Å². The molecule has 1 saturated carbocycles. The van der Waals surface area contributed by atoms with Gasteiger partial charge in [0.05, 0.1) is 17.4 Å². The summed E-state index contributed by atoms with van der Waals surface area (Å²) in [4.78, 5) is 4.49. The molecular formula is C14H19N3. The fourth-order valence-corrected chi connectivity index (χ4v) is 2.36. The number of nitrogens with zero attached hydrogens (tertiary/aromatic N) is 2. The maximum atomic E-state index is 6.05. The Morgan fingerprint density at radius 3 is 2.82 bits per heavy atom. The van der Waals surface area contributed by atoms with Crippen LogP contribution in [0.5, 0.6) is 0 Å². The molecule has 0 radical (unpaired) electrons. The minimum atomic E-state index is -0.160. The molecule has 3 rings (SSSR count). The highest BCUT2D eigenvalue weighted by molar-refractivity contribution is 5.76. The van der Waals surface area contributed by atoms with Crippen molar-refractivity contribution in [2.75, 3.05) is 0 Å². The summed E-state index contributed by atoms with van der Waals surface area (Å²) in [7, 11) is 0. The summed E-state index contributed by atoms with van der Waals surface area (Å²) in [6.45, 7) is 4.11. The predicted octanol–water partition coefficient (Wildman–Crippen LogP) is 2.65. The third kappa shape index (κ3) is 2.20. The van der Waals surface area contributed by atoms with Crippen molar-refractivity contribution in [3.8, 4) is 0 Å². The molecule has 0 amide bonds. The molecule has 1 aliphatic rings. The van der Waals surface area contributed by atoms with Crippen LogP contribution in [0.15, 0.2) is 24.5 Å². The van der Waals surface area contributed by atoms with Gasteiger partial charge in [-0.25, -0.2) is 4.98 Å². The van der Waals surface area contributed by atoms with Crippen LogP contribution >= 0.6 is 0 Å². The van der Waals surface area contributed by atoms with E-state index in [0.717, 1.165) is 11.9 Å². The molecule has 1 aromatic heterocycles. The Labute approximate surface area is 102 Å². The summed E-state index contributed by atoms with van der Waals surface area (Å²) < 4.78 is 2.30. The Morgan fingerprint density at radius 1 is 1.41 bits per heavy atom. The van der Waals surface area contributed by atoms with Gasteiger partial charge in [0.1, 0.15) is 0 Å². The molecule has 17 heavy (non-hydrogen) atoms. The van der Waals surface area contributed by atoms with Crippen molar-refractivity contribution < 1.29 is 0 Å². The lowest BCUT2D eigenvalue weighted by Crippen LogP contribution is -2.34. The lowest BCUT2D eigenvalue weighted by molar-refractivity contribution is 0.517. The van der Waals surface area contributed by atoms with Crippen LogP contribution in [0, 0.1) is 0 Å². The Kier molecular flexibility index (Phi) is 2.26. The van der Waals surface area contributed by atoms with Crippen molar-refractivity contribution in [2.24, 2.45) is 5.73 Å². The van der Waals surface area contributed by atoms with Crippen LogP contribution in [-0.2, 0) is 6.42 Å². The predicted molar refractivity (Wildman–Crippen MR) is 70.0 cm³/mol. The van der Waals surface area contributed by atoms with Crippen molar-refractivity contribution in [3.05, 3.63) is 30.1 Å². The molecule has 1 heterocycles. The minimum Gasteiger partial charge on any atom is -0.327 e. The topological polar surface area (TPSA) is 43.8 Å². The van der Waals surface area contributed by atoms with E-state index >= 15 is 0 Å². The first-order valence-electron chi connectivity index (χ1n) is 6.27. The summed E-state index contributed by atoms with van der Waals surface area (Å²) in [5, 5.41) is 0. The highest BCUT2D eigenvalue weighted by Gasteiger charge is 2.24. The second-order valence-corrected chi connectivity index (χ2v) is 5.87. The first-order valence-corrected chi connectivity index (χ1v) is 6.27. The van der Waals surface area contributed by atoms with E-state index in [0.29, 0.717) is 6.04 Å². The van der Waals surface area contributed by atoms with E-state index in [2.05, 4.69) is 41.6 Å². The van der Waals surface area contributed by atoms with Crippen molar-refractivity contribution in [3.63, 3.8) is 0 Å². The highest BCUT2D eigenvalue weighted by Crippen LogP contribution is 2.37. The van der Waals surface area contributed by atoms with E-state index in [1.165, 1.54) is 23.9 Å². The van der Waals surface area contributed by atoms with E-state index in [1.54, 1.807) is 0 Å². The van der Waals surface area contributed by atoms with Crippen molar-refractivity contribution in [1.29, 1.82) is 0 Å². The van der Waals surface area contributed by atoms with Crippen molar-refractivity contribution in [1.82, 2.24) is 9.55 Å². The van der Waals surface area contributed by atoms with Gasteiger partial charge in [0.2, 0.25) is 0 Å². The number of fused-ring (bicyclic) bond motifs is 1. The van der Waals surface area contributed by atoms with Crippen LogP contribution in [0.3, 0.4) is 0 Å². The van der Waals surface area contributed by atoms with Crippen molar-refractivity contribution in [2.45, 2.75) is 44.7 Å². The number of hydrogen-bond donors (Lipinski definition) is 1. The number of nitrogens with two attached hydrogens (primary N) is 1. The first-order chi connectivity index (χ1) is 8.03. The molecule has 2 aromatic rings. The van der Waals surface area contributed by atoms with Crippen LogP contribution in [0.2, 0.25) is 0 Å². The highest BCUT2D eigenvalue weighted by atomic mass is 15.1. The zero-order valence-electron chi connectivity index (χ0n) is 10.5. The molecule has 0 atom stereocenters. The Morgan fingerprint density at radius 2 is 2.18 bits per heavy atom. The number of benzene rings is 1. The summed E-state index contributed by atoms with van der Waals surface area (Å²) >= 11 is 0. The fourth-order valence-electron chi connectivity index (χ4n) is 2.36. The van der Waals surface area contributed by atoms with Gasteiger partial charge in [-0.15, -0.1) is 0 Å². The number of rotatable bonds is 3. The zero-order valence-corrected chi connectivity index (χ0v) is 10.5. The molecule has 2 N–H and O–H groups in total. The first kappa shape index (κ1) is 10.8. The zero-order chi connectivity index (χ0) is 12.0.